The number of hydrogen-bond donors (Lipinski definition) is 2. The molecule has 130 valence electrons. The van der Waals surface area contributed by atoms with Crippen LogP contribution in [-0.4, -0.2) is 63.3 Å². The van der Waals surface area contributed by atoms with Crippen LogP contribution >= 0.6 is 0 Å². The predicted octanol–water partition coefficient (Wildman–Crippen LogP) is 1.95. The van der Waals surface area contributed by atoms with Crippen LogP contribution in [0.3, 0.4) is 0 Å². The second kappa shape index (κ2) is 11.7. The minimum Gasteiger partial charge on any atom is -0.382 e. The third kappa shape index (κ3) is 8.59. The number of rotatable bonds is 9. The Morgan fingerprint density at radius 1 is 1.18 bits per heavy atom. The average Bonchev–Trinajstić information content (AvgIpc) is 2.46. The number of hydrogen-bond acceptors (Lipinski definition) is 3. The van der Waals surface area contributed by atoms with E-state index in [-0.39, 0.29) is 0 Å². The van der Waals surface area contributed by atoms with Crippen molar-refractivity contribution in [2.45, 2.75) is 40.5 Å². The fourth-order valence-electron chi connectivity index (χ4n) is 3.15. The smallest absolute Gasteiger partial charge is 0.191 e. The Kier molecular flexibility index (Phi) is 10.2. The van der Waals surface area contributed by atoms with Crippen LogP contribution in [0.4, 0.5) is 0 Å². The van der Waals surface area contributed by atoms with Crippen molar-refractivity contribution >= 4 is 5.96 Å². The monoisotopic (exact) mass is 312 g/mol. The summed E-state index contributed by atoms with van der Waals surface area (Å²) in [6, 6.07) is 0. The number of guanidine groups is 1. The molecule has 1 aliphatic rings. The van der Waals surface area contributed by atoms with Gasteiger partial charge in [0, 0.05) is 52.5 Å². The standard InChI is InChI=1S/C17H36N4O/c1-5-18-17(19-8-7-11-22-6-2)20-9-10-21-13-15(3)12-16(4)14-21/h15-16H,5-14H2,1-4H3,(H2,18,19,20). The molecule has 0 aliphatic carbocycles. The van der Waals surface area contributed by atoms with E-state index in [1.807, 2.05) is 6.92 Å². The lowest BCUT2D eigenvalue weighted by Crippen LogP contribution is -2.45. The van der Waals surface area contributed by atoms with Gasteiger partial charge in [0.2, 0.25) is 0 Å². The summed E-state index contributed by atoms with van der Waals surface area (Å²) in [7, 11) is 0. The van der Waals surface area contributed by atoms with Crippen LogP contribution in [0.5, 0.6) is 0 Å². The van der Waals surface area contributed by atoms with Gasteiger partial charge in [0.25, 0.3) is 0 Å². The average molecular weight is 313 g/mol. The highest BCUT2D eigenvalue weighted by atomic mass is 16.5. The molecule has 0 aromatic carbocycles. The molecule has 0 radical (unpaired) electrons. The molecule has 1 fully saturated rings. The lowest BCUT2D eigenvalue weighted by molar-refractivity contribution is 0.143. The Hall–Kier alpha value is -0.810. The molecule has 0 saturated carbocycles. The van der Waals surface area contributed by atoms with Crippen molar-refractivity contribution in [1.29, 1.82) is 0 Å². The van der Waals surface area contributed by atoms with Crippen molar-refractivity contribution in [2.75, 3.05) is 52.5 Å². The van der Waals surface area contributed by atoms with Gasteiger partial charge in [-0.3, -0.25) is 4.99 Å². The maximum atomic E-state index is 5.34. The SMILES string of the molecule is CCNC(=NCCCOCC)NCCN1CC(C)CC(C)C1. The van der Waals surface area contributed by atoms with Crippen LogP contribution in [0.15, 0.2) is 4.99 Å². The quantitative estimate of drug-likeness (QED) is 0.388. The highest BCUT2D eigenvalue weighted by Crippen LogP contribution is 2.20. The number of nitrogens with zero attached hydrogens (tertiary/aromatic N) is 2. The fourth-order valence-corrected chi connectivity index (χ4v) is 3.15. The van der Waals surface area contributed by atoms with Gasteiger partial charge in [-0.1, -0.05) is 13.8 Å². The summed E-state index contributed by atoms with van der Waals surface area (Å²) < 4.78 is 5.34. The van der Waals surface area contributed by atoms with Gasteiger partial charge in [0.05, 0.1) is 0 Å². The Morgan fingerprint density at radius 3 is 2.55 bits per heavy atom. The molecule has 0 aromatic rings. The van der Waals surface area contributed by atoms with Crippen LogP contribution < -0.4 is 10.6 Å². The minimum absolute atomic E-state index is 0.786. The first-order chi connectivity index (χ1) is 10.7. The van der Waals surface area contributed by atoms with E-state index in [1.54, 1.807) is 0 Å². The maximum Gasteiger partial charge on any atom is 0.191 e. The highest BCUT2D eigenvalue weighted by molar-refractivity contribution is 5.79. The summed E-state index contributed by atoms with van der Waals surface area (Å²) in [6.07, 6.45) is 2.35. The predicted molar refractivity (Wildman–Crippen MR) is 94.5 cm³/mol. The third-order valence-corrected chi connectivity index (χ3v) is 3.93. The lowest BCUT2D eigenvalue weighted by atomic mass is 9.92. The summed E-state index contributed by atoms with van der Waals surface area (Å²) in [5.74, 6) is 2.57. The molecule has 5 heteroatoms. The number of ether oxygens (including phenoxy) is 1. The van der Waals surface area contributed by atoms with Gasteiger partial charge in [0.1, 0.15) is 0 Å². The van der Waals surface area contributed by atoms with E-state index in [4.69, 9.17) is 4.74 Å². The second-order valence-electron chi connectivity index (χ2n) is 6.44. The van der Waals surface area contributed by atoms with Gasteiger partial charge in [-0.25, -0.2) is 0 Å². The largest absolute Gasteiger partial charge is 0.382 e. The zero-order valence-corrected chi connectivity index (χ0v) is 15.0. The van der Waals surface area contributed by atoms with E-state index in [9.17, 15) is 0 Å². The van der Waals surface area contributed by atoms with E-state index in [2.05, 4.69) is 41.3 Å². The van der Waals surface area contributed by atoms with Crippen LogP contribution in [0.25, 0.3) is 0 Å². The molecule has 0 amide bonds. The van der Waals surface area contributed by atoms with Crippen LogP contribution in [0.1, 0.15) is 40.5 Å². The van der Waals surface area contributed by atoms with E-state index in [0.29, 0.717) is 0 Å². The first-order valence-corrected chi connectivity index (χ1v) is 8.97. The van der Waals surface area contributed by atoms with Crippen LogP contribution in [0.2, 0.25) is 0 Å². The van der Waals surface area contributed by atoms with Gasteiger partial charge in [-0.15, -0.1) is 0 Å². The van der Waals surface area contributed by atoms with Gasteiger partial charge in [-0.05, 0) is 38.5 Å². The molecule has 0 bridgehead atoms. The van der Waals surface area contributed by atoms with Crippen molar-refractivity contribution < 1.29 is 4.74 Å². The fraction of sp³-hybridized carbons (Fsp3) is 0.941. The Balaban J connectivity index is 2.23. The molecule has 5 nitrogen and oxygen atoms in total. The van der Waals surface area contributed by atoms with Crippen LogP contribution in [0, 0.1) is 11.8 Å². The number of aliphatic imine (C=N–C) groups is 1. The number of piperidine rings is 1. The molecule has 2 N–H and O–H groups in total. The Bertz CT molecular complexity index is 299. The molecule has 2 unspecified atom stereocenters. The van der Waals surface area contributed by atoms with Gasteiger partial charge >= 0.3 is 0 Å². The summed E-state index contributed by atoms with van der Waals surface area (Å²) in [6.45, 7) is 16.7. The van der Waals surface area contributed by atoms with Gasteiger partial charge < -0.3 is 20.3 Å². The maximum absolute atomic E-state index is 5.34. The third-order valence-electron chi connectivity index (χ3n) is 3.93. The van der Waals surface area contributed by atoms with Crippen molar-refractivity contribution in [3.63, 3.8) is 0 Å². The topological polar surface area (TPSA) is 48.9 Å². The van der Waals surface area contributed by atoms with Gasteiger partial charge in [0.15, 0.2) is 5.96 Å². The van der Waals surface area contributed by atoms with Crippen LogP contribution in [-0.2, 0) is 4.74 Å². The summed E-state index contributed by atoms with van der Waals surface area (Å²) in [4.78, 5) is 7.17. The molecule has 0 spiro atoms. The number of likely N-dealkylation sites (tertiary alicyclic amines) is 1. The molecule has 1 aliphatic heterocycles. The highest BCUT2D eigenvalue weighted by Gasteiger charge is 2.21. The molecule has 22 heavy (non-hydrogen) atoms. The minimum atomic E-state index is 0.786. The molecule has 1 heterocycles. The molecular formula is C17H36N4O. The Labute approximate surface area is 136 Å². The molecular weight excluding hydrogens is 276 g/mol. The summed E-state index contributed by atoms with van der Waals surface area (Å²) in [5.41, 5.74) is 0. The molecule has 1 rings (SSSR count). The molecule has 1 saturated heterocycles. The first-order valence-electron chi connectivity index (χ1n) is 8.97. The van der Waals surface area contributed by atoms with E-state index in [1.165, 1.54) is 19.5 Å². The van der Waals surface area contributed by atoms with Crippen molar-refractivity contribution in [3.05, 3.63) is 0 Å². The van der Waals surface area contributed by atoms with Crippen molar-refractivity contribution in [3.8, 4) is 0 Å². The molecule has 2 atom stereocenters. The van der Waals surface area contributed by atoms with Crippen molar-refractivity contribution in [2.24, 2.45) is 16.8 Å². The zero-order valence-electron chi connectivity index (χ0n) is 15.0. The van der Waals surface area contributed by atoms with E-state index < -0.39 is 0 Å². The van der Waals surface area contributed by atoms with Gasteiger partial charge in [-0.2, -0.15) is 0 Å². The van der Waals surface area contributed by atoms with E-state index >= 15 is 0 Å². The summed E-state index contributed by atoms with van der Waals surface area (Å²) in [5, 5.41) is 6.75. The normalized spacial score (nSPS) is 23.5. The molecule has 0 aromatic heterocycles. The van der Waals surface area contributed by atoms with E-state index in [0.717, 1.165) is 63.6 Å². The zero-order chi connectivity index (χ0) is 16.2. The Morgan fingerprint density at radius 2 is 1.91 bits per heavy atom. The lowest BCUT2D eigenvalue weighted by Gasteiger charge is -2.35. The number of nitrogens with one attached hydrogen (secondary N) is 2. The van der Waals surface area contributed by atoms with Crippen molar-refractivity contribution in [1.82, 2.24) is 15.5 Å². The summed E-state index contributed by atoms with van der Waals surface area (Å²) >= 11 is 0. The first kappa shape index (κ1) is 19.2. The second-order valence-corrected chi connectivity index (χ2v) is 6.44.